The van der Waals surface area contributed by atoms with E-state index < -0.39 is 0 Å². The Bertz CT molecular complexity index is 254. The van der Waals surface area contributed by atoms with Crippen molar-refractivity contribution in [3.05, 3.63) is 48.6 Å². The van der Waals surface area contributed by atoms with Gasteiger partial charge in [0.05, 0.1) is 5.71 Å². The fourth-order valence-corrected chi connectivity index (χ4v) is 0.796. The third kappa shape index (κ3) is 0.982. The van der Waals surface area contributed by atoms with Crippen LogP contribution in [0.25, 0.3) is 0 Å². The highest BCUT2D eigenvalue weighted by Gasteiger charge is 2.04. The lowest BCUT2D eigenvalue weighted by atomic mass is 9.98. The van der Waals surface area contributed by atoms with Crippen molar-refractivity contribution in [1.82, 2.24) is 0 Å². The molecule has 0 atom stereocenters. The van der Waals surface area contributed by atoms with E-state index in [1.54, 1.807) is 12.2 Å². The van der Waals surface area contributed by atoms with Gasteiger partial charge >= 0.3 is 0 Å². The van der Waals surface area contributed by atoms with E-state index in [-0.39, 0.29) is 0 Å². The van der Waals surface area contributed by atoms with Crippen molar-refractivity contribution in [3.8, 4) is 0 Å². The van der Waals surface area contributed by atoms with Crippen LogP contribution in [0, 0.1) is 5.41 Å². The van der Waals surface area contributed by atoms with Crippen LogP contribution >= 0.6 is 0 Å². The minimum absolute atomic E-state index is 0.470. The smallest absolute Gasteiger partial charge is 0.0612 e. The lowest BCUT2D eigenvalue weighted by Crippen LogP contribution is -2.00. The van der Waals surface area contributed by atoms with Crippen molar-refractivity contribution < 1.29 is 0 Å². The molecule has 50 valence electrons. The Labute approximate surface area is 60.6 Å². The van der Waals surface area contributed by atoms with Crippen LogP contribution < -0.4 is 0 Å². The van der Waals surface area contributed by atoms with Crippen LogP contribution in [0.15, 0.2) is 48.6 Å². The average molecular weight is 131 g/mol. The summed E-state index contributed by atoms with van der Waals surface area (Å²) < 4.78 is 0. The number of hydrogen-bond acceptors (Lipinski definition) is 1. The summed E-state index contributed by atoms with van der Waals surface area (Å²) in [5.41, 5.74) is 2.16. The van der Waals surface area contributed by atoms with E-state index in [2.05, 4.69) is 13.2 Å². The minimum atomic E-state index is 0.470. The van der Waals surface area contributed by atoms with Crippen LogP contribution in [-0.2, 0) is 0 Å². The molecule has 0 spiro atoms. The van der Waals surface area contributed by atoms with Gasteiger partial charge in [0.2, 0.25) is 0 Å². The highest BCUT2D eigenvalue weighted by molar-refractivity contribution is 6.10. The molecule has 0 unspecified atom stereocenters. The van der Waals surface area contributed by atoms with Gasteiger partial charge in [-0.3, -0.25) is 0 Å². The van der Waals surface area contributed by atoms with E-state index in [1.165, 1.54) is 0 Å². The molecule has 0 aromatic rings. The number of nitrogens with one attached hydrogen (secondary N) is 1. The zero-order valence-electron chi connectivity index (χ0n) is 5.72. The molecule has 1 heteroatoms. The third-order valence-electron chi connectivity index (χ3n) is 1.43. The van der Waals surface area contributed by atoms with Crippen LogP contribution in [-0.4, -0.2) is 5.71 Å². The number of hydrogen-bond donors (Lipinski definition) is 1. The molecule has 0 aromatic carbocycles. The summed E-state index contributed by atoms with van der Waals surface area (Å²) >= 11 is 0. The first-order valence-corrected chi connectivity index (χ1v) is 3.04. The van der Waals surface area contributed by atoms with Crippen LogP contribution in [0.5, 0.6) is 0 Å². The van der Waals surface area contributed by atoms with Gasteiger partial charge in [-0.15, -0.1) is 0 Å². The molecule has 1 aliphatic rings. The maximum atomic E-state index is 7.35. The first-order chi connectivity index (χ1) is 4.75. The van der Waals surface area contributed by atoms with Gasteiger partial charge in [0.25, 0.3) is 0 Å². The second kappa shape index (κ2) is 2.48. The molecule has 0 aromatic heterocycles. The molecule has 1 rings (SSSR count). The van der Waals surface area contributed by atoms with Crippen molar-refractivity contribution in [3.63, 3.8) is 0 Å². The molecule has 0 amide bonds. The Balaban J connectivity index is 3.03. The molecule has 10 heavy (non-hydrogen) atoms. The Morgan fingerprint density at radius 3 is 2.70 bits per heavy atom. The van der Waals surface area contributed by atoms with E-state index in [9.17, 15) is 0 Å². The summed E-state index contributed by atoms with van der Waals surface area (Å²) in [5.74, 6) is 0. The van der Waals surface area contributed by atoms with Gasteiger partial charge in [-0.1, -0.05) is 31.4 Å². The van der Waals surface area contributed by atoms with Crippen molar-refractivity contribution in [2.75, 3.05) is 0 Å². The summed E-state index contributed by atoms with van der Waals surface area (Å²) in [6.07, 6.45) is 7.15. The summed E-state index contributed by atoms with van der Waals surface area (Å²) in [4.78, 5) is 0. The zero-order valence-corrected chi connectivity index (χ0v) is 5.72. The van der Waals surface area contributed by atoms with Crippen molar-refractivity contribution in [2.45, 2.75) is 0 Å². The van der Waals surface area contributed by atoms with Crippen LogP contribution in [0.4, 0.5) is 0 Å². The molecular weight excluding hydrogens is 122 g/mol. The van der Waals surface area contributed by atoms with E-state index in [1.807, 2.05) is 12.2 Å². The first-order valence-electron chi connectivity index (χ1n) is 3.04. The molecule has 1 N–H and O–H groups in total. The number of rotatable bonds is 1. The topological polar surface area (TPSA) is 23.9 Å². The molecule has 1 nitrogen and oxygen atoms in total. The highest BCUT2D eigenvalue weighted by Crippen LogP contribution is 2.14. The predicted octanol–water partition coefficient (Wildman–Crippen LogP) is 2.24. The Hall–Kier alpha value is -1.37. The van der Waals surface area contributed by atoms with Gasteiger partial charge in [0, 0.05) is 0 Å². The van der Waals surface area contributed by atoms with Crippen molar-refractivity contribution in [2.24, 2.45) is 0 Å². The van der Waals surface area contributed by atoms with Gasteiger partial charge in [-0.25, -0.2) is 0 Å². The largest absolute Gasteiger partial charge is 0.300 e. The van der Waals surface area contributed by atoms with Gasteiger partial charge < -0.3 is 5.41 Å². The quantitative estimate of drug-likeness (QED) is 0.564. The monoisotopic (exact) mass is 131 g/mol. The fourth-order valence-electron chi connectivity index (χ4n) is 0.796. The van der Waals surface area contributed by atoms with Crippen LogP contribution in [0.2, 0.25) is 0 Å². The SMILES string of the molecule is C=CC1=CC=CC(=N)C1=C. The maximum Gasteiger partial charge on any atom is 0.0612 e. The zero-order chi connectivity index (χ0) is 7.56. The highest BCUT2D eigenvalue weighted by atomic mass is 14.4. The van der Waals surface area contributed by atoms with Crippen molar-refractivity contribution in [1.29, 1.82) is 5.41 Å². The van der Waals surface area contributed by atoms with Crippen LogP contribution in [0.3, 0.4) is 0 Å². The molecule has 0 radical (unpaired) electrons. The van der Waals surface area contributed by atoms with Gasteiger partial charge in [-0.2, -0.15) is 0 Å². The summed E-state index contributed by atoms with van der Waals surface area (Å²) in [5, 5.41) is 7.35. The molecule has 1 aliphatic carbocycles. The van der Waals surface area contributed by atoms with E-state index >= 15 is 0 Å². The second-order valence-electron chi connectivity index (χ2n) is 2.08. The third-order valence-corrected chi connectivity index (χ3v) is 1.43. The molecule has 0 heterocycles. The minimum Gasteiger partial charge on any atom is -0.300 e. The van der Waals surface area contributed by atoms with Crippen molar-refractivity contribution >= 4 is 5.71 Å². The van der Waals surface area contributed by atoms with Gasteiger partial charge in [0.15, 0.2) is 0 Å². The summed E-state index contributed by atoms with van der Waals surface area (Å²) in [7, 11) is 0. The average Bonchev–Trinajstić information content (AvgIpc) is 1.95. The van der Waals surface area contributed by atoms with E-state index in [4.69, 9.17) is 5.41 Å². The summed E-state index contributed by atoms with van der Waals surface area (Å²) in [6, 6.07) is 0. The standard InChI is InChI=1S/C9H9N/c1-3-8-5-4-6-9(10)7(8)2/h3-6,10H,1-2H2. The van der Waals surface area contributed by atoms with E-state index in [0.29, 0.717) is 5.71 Å². The maximum absolute atomic E-state index is 7.35. The fraction of sp³-hybridized carbons (Fsp3) is 0. The van der Waals surface area contributed by atoms with E-state index in [0.717, 1.165) is 11.1 Å². The lowest BCUT2D eigenvalue weighted by molar-refractivity contribution is 1.47. The molecule has 0 saturated carbocycles. The molecule has 0 fully saturated rings. The summed E-state index contributed by atoms with van der Waals surface area (Å²) in [6.45, 7) is 7.34. The lowest BCUT2D eigenvalue weighted by Gasteiger charge is -2.07. The van der Waals surface area contributed by atoms with Gasteiger partial charge in [-0.05, 0) is 17.2 Å². The Morgan fingerprint density at radius 1 is 1.50 bits per heavy atom. The molecule has 0 aliphatic heterocycles. The van der Waals surface area contributed by atoms with Gasteiger partial charge in [0.1, 0.15) is 0 Å². The Morgan fingerprint density at radius 2 is 2.20 bits per heavy atom. The predicted molar refractivity (Wildman–Crippen MR) is 44.3 cm³/mol. The number of allylic oxidation sites excluding steroid dienone is 6. The molecule has 0 bridgehead atoms. The normalized spacial score (nSPS) is 17.0. The molecular formula is C9H9N. The second-order valence-corrected chi connectivity index (χ2v) is 2.08. The first kappa shape index (κ1) is 6.75. The molecule has 0 saturated heterocycles. The van der Waals surface area contributed by atoms with Crippen LogP contribution in [0.1, 0.15) is 0 Å². The Kier molecular flexibility index (Phi) is 1.67.